The van der Waals surface area contributed by atoms with Crippen molar-refractivity contribution in [2.45, 2.75) is 45.6 Å². The van der Waals surface area contributed by atoms with Gasteiger partial charge in [0.2, 0.25) is 0 Å². The number of nitrogens with one attached hydrogen (secondary N) is 1. The van der Waals surface area contributed by atoms with E-state index in [1.54, 1.807) is 0 Å². The highest BCUT2D eigenvalue weighted by molar-refractivity contribution is 7.15. The Bertz CT molecular complexity index is 530. The van der Waals surface area contributed by atoms with Crippen LogP contribution in [0.15, 0.2) is 36.4 Å². The third kappa shape index (κ3) is 3.50. The van der Waals surface area contributed by atoms with Gasteiger partial charge in [0.05, 0.1) is 0 Å². The van der Waals surface area contributed by atoms with Gasteiger partial charge in [0.1, 0.15) is 0 Å². The SMILES string of the molecule is CCCc1ccccc1-c1ccc(C(CCC)NC)s1. The first-order valence-corrected chi connectivity index (χ1v) is 8.47. The van der Waals surface area contributed by atoms with E-state index < -0.39 is 0 Å². The molecule has 2 heteroatoms. The topological polar surface area (TPSA) is 12.0 Å². The summed E-state index contributed by atoms with van der Waals surface area (Å²) in [5, 5.41) is 3.43. The highest BCUT2D eigenvalue weighted by atomic mass is 32.1. The van der Waals surface area contributed by atoms with Crippen LogP contribution >= 0.6 is 11.3 Å². The number of hydrogen-bond acceptors (Lipinski definition) is 2. The van der Waals surface area contributed by atoms with Crippen LogP contribution in [0.3, 0.4) is 0 Å². The molecule has 0 amide bonds. The number of aryl methyl sites for hydroxylation is 1. The van der Waals surface area contributed by atoms with Gasteiger partial charge >= 0.3 is 0 Å². The van der Waals surface area contributed by atoms with E-state index in [-0.39, 0.29) is 0 Å². The second-order valence-electron chi connectivity index (χ2n) is 5.24. The van der Waals surface area contributed by atoms with Gasteiger partial charge in [-0.15, -0.1) is 11.3 Å². The minimum atomic E-state index is 0.497. The quantitative estimate of drug-likeness (QED) is 0.716. The maximum Gasteiger partial charge on any atom is 0.0412 e. The van der Waals surface area contributed by atoms with Crippen LogP contribution in [0.25, 0.3) is 10.4 Å². The summed E-state index contributed by atoms with van der Waals surface area (Å²) in [4.78, 5) is 2.86. The van der Waals surface area contributed by atoms with E-state index >= 15 is 0 Å². The minimum absolute atomic E-state index is 0.497. The van der Waals surface area contributed by atoms with Crippen molar-refractivity contribution in [3.05, 3.63) is 46.8 Å². The lowest BCUT2D eigenvalue weighted by Gasteiger charge is -2.12. The Balaban J connectivity index is 2.28. The molecule has 1 atom stereocenters. The van der Waals surface area contributed by atoms with Crippen molar-refractivity contribution >= 4 is 11.3 Å². The zero-order valence-corrected chi connectivity index (χ0v) is 13.6. The van der Waals surface area contributed by atoms with Gasteiger partial charge in [0.15, 0.2) is 0 Å². The first kappa shape index (κ1) is 15.3. The smallest absolute Gasteiger partial charge is 0.0412 e. The molecule has 2 aromatic rings. The van der Waals surface area contributed by atoms with E-state index in [2.05, 4.69) is 62.6 Å². The Hall–Kier alpha value is -1.12. The van der Waals surface area contributed by atoms with Gasteiger partial charge in [0, 0.05) is 15.8 Å². The van der Waals surface area contributed by atoms with Crippen molar-refractivity contribution in [1.82, 2.24) is 5.32 Å². The standard InChI is InChI=1S/C18H25NS/c1-4-8-14-10-6-7-11-15(14)17-12-13-18(20-17)16(19-3)9-5-2/h6-7,10-13,16,19H,4-5,8-9H2,1-3H3. The van der Waals surface area contributed by atoms with Crippen molar-refractivity contribution < 1.29 is 0 Å². The monoisotopic (exact) mass is 287 g/mol. The highest BCUT2D eigenvalue weighted by Gasteiger charge is 2.13. The summed E-state index contributed by atoms with van der Waals surface area (Å²) in [6, 6.07) is 13.9. The fraction of sp³-hybridized carbons (Fsp3) is 0.444. The van der Waals surface area contributed by atoms with Crippen LogP contribution in [0.4, 0.5) is 0 Å². The van der Waals surface area contributed by atoms with E-state index in [9.17, 15) is 0 Å². The number of rotatable bonds is 7. The molecule has 0 aliphatic rings. The Morgan fingerprint density at radius 2 is 1.85 bits per heavy atom. The van der Waals surface area contributed by atoms with Crippen molar-refractivity contribution in [3.63, 3.8) is 0 Å². The van der Waals surface area contributed by atoms with Crippen LogP contribution in [-0.2, 0) is 6.42 Å². The molecule has 0 saturated carbocycles. The summed E-state index contributed by atoms with van der Waals surface area (Å²) >= 11 is 1.94. The molecule has 1 aromatic carbocycles. The first-order valence-electron chi connectivity index (χ1n) is 7.65. The lowest BCUT2D eigenvalue weighted by atomic mass is 10.0. The molecule has 0 aliphatic heterocycles. The second-order valence-corrected chi connectivity index (χ2v) is 6.35. The Labute approximate surface area is 127 Å². The van der Waals surface area contributed by atoms with Crippen molar-refractivity contribution in [2.75, 3.05) is 7.05 Å². The summed E-state index contributed by atoms with van der Waals surface area (Å²) < 4.78 is 0. The van der Waals surface area contributed by atoms with E-state index in [4.69, 9.17) is 0 Å². The van der Waals surface area contributed by atoms with Gasteiger partial charge in [0.25, 0.3) is 0 Å². The van der Waals surface area contributed by atoms with E-state index in [1.807, 2.05) is 11.3 Å². The molecule has 0 aliphatic carbocycles. The predicted octanol–water partition coefficient (Wildman–Crippen LogP) is 5.43. The molecule has 0 fully saturated rings. The summed E-state index contributed by atoms with van der Waals surface area (Å²) in [6.45, 7) is 4.49. The van der Waals surface area contributed by atoms with Crippen molar-refractivity contribution in [1.29, 1.82) is 0 Å². The number of thiophene rings is 1. The third-order valence-electron chi connectivity index (χ3n) is 3.70. The molecule has 1 unspecified atom stereocenters. The lowest BCUT2D eigenvalue weighted by Crippen LogP contribution is -2.14. The molecule has 2 rings (SSSR count). The molecule has 0 radical (unpaired) electrons. The van der Waals surface area contributed by atoms with Gasteiger partial charge in [-0.05, 0) is 43.1 Å². The predicted molar refractivity (Wildman–Crippen MR) is 90.5 cm³/mol. The van der Waals surface area contributed by atoms with Gasteiger partial charge < -0.3 is 5.32 Å². The molecule has 108 valence electrons. The van der Waals surface area contributed by atoms with Gasteiger partial charge in [-0.2, -0.15) is 0 Å². The Morgan fingerprint density at radius 3 is 2.55 bits per heavy atom. The van der Waals surface area contributed by atoms with Crippen LogP contribution in [0.1, 0.15) is 49.6 Å². The highest BCUT2D eigenvalue weighted by Crippen LogP contribution is 2.34. The normalized spacial score (nSPS) is 12.6. The van der Waals surface area contributed by atoms with E-state index in [0.29, 0.717) is 6.04 Å². The van der Waals surface area contributed by atoms with Crippen LogP contribution in [0, 0.1) is 0 Å². The lowest BCUT2D eigenvalue weighted by molar-refractivity contribution is 0.550. The average Bonchev–Trinajstić information content (AvgIpc) is 2.95. The fourth-order valence-corrected chi connectivity index (χ4v) is 3.86. The molecule has 0 bridgehead atoms. The average molecular weight is 287 g/mol. The molecule has 20 heavy (non-hydrogen) atoms. The van der Waals surface area contributed by atoms with E-state index in [1.165, 1.54) is 40.1 Å². The summed E-state index contributed by atoms with van der Waals surface area (Å²) in [6.07, 6.45) is 4.77. The van der Waals surface area contributed by atoms with E-state index in [0.717, 1.165) is 6.42 Å². The maximum absolute atomic E-state index is 3.43. The number of benzene rings is 1. The molecular formula is C18H25NS. The molecule has 1 heterocycles. The molecular weight excluding hydrogens is 262 g/mol. The summed E-state index contributed by atoms with van der Waals surface area (Å²) in [5.41, 5.74) is 2.89. The van der Waals surface area contributed by atoms with Crippen molar-refractivity contribution in [2.24, 2.45) is 0 Å². The third-order valence-corrected chi connectivity index (χ3v) is 4.93. The zero-order valence-electron chi connectivity index (χ0n) is 12.8. The molecule has 1 N–H and O–H groups in total. The largest absolute Gasteiger partial charge is 0.312 e. The molecule has 0 spiro atoms. The molecule has 0 saturated heterocycles. The van der Waals surface area contributed by atoms with Crippen LogP contribution in [0.2, 0.25) is 0 Å². The summed E-state index contributed by atoms with van der Waals surface area (Å²) in [5.74, 6) is 0. The van der Waals surface area contributed by atoms with Gasteiger partial charge in [-0.1, -0.05) is 51.0 Å². The summed E-state index contributed by atoms with van der Waals surface area (Å²) in [7, 11) is 2.06. The van der Waals surface area contributed by atoms with Crippen LogP contribution in [0.5, 0.6) is 0 Å². The first-order chi connectivity index (χ1) is 9.80. The second kappa shape index (κ2) is 7.61. The van der Waals surface area contributed by atoms with Crippen molar-refractivity contribution in [3.8, 4) is 10.4 Å². The van der Waals surface area contributed by atoms with Gasteiger partial charge in [-0.25, -0.2) is 0 Å². The minimum Gasteiger partial charge on any atom is -0.312 e. The maximum atomic E-state index is 3.43. The van der Waals surface area contributed by atoms with Crippen LogP contribution < -0.4 is 5.32 Å². The Morgan fingerprint density at radius 1 is 1.05 bits per heavy atom. The molecule has 1 nitrogen and oxygen atoms in total. The fourth-order valence-electron chi connectivity index (χ4n) is 2.65. The number of hydrogen-bond donors (Lipinski definition) is 1. The zero-order chi connectivity index (χ0) is 14.4. The molecule has 1 aromatic heterocycles. The van der Waals surface area contributed by atoms with Gasteiger partial charge in [-0.3, -0.25) is 0 Å². The Kier molecular flexibility index (Phi) is 5.81. The van der Waals surface area contributed by atoms with Crippen LogP contribution in [-0.4, -0.2) is 7.05 Å².